The molecule has 0 aromatic rings. The van der Waals surface area contributed by atoms with Crippen LogP contribution in [0.3, 0.4) is 0 Å². The molecule has 1 unspecified atom stereocenters. The maximum Gasteiger partial charge on any atom is 0.306 e. The number of ether oxygens (including phenoxy) is 1. The Labute approximate surface area is 101 Å². The Morgan fingerprint density at radius 1 is 1.35 bits per heavy atom. The van der Waals surface area contributed by atoms with E-state index in [0.29, 0.717) is 26.1 Å². The molecule has 0 aromatic carbocycles. The van der Waals surface area contributed by atoms with Crippen LogP contribution in [0.5, 0.6) is 0 Å². The molecular formula is C12H19NO4. The van der Waals surface area contributed by atoms with Crippen LogP contribution in [0.4, 0.5) is 0 Å². The number of aliphatic carboxylic acids is 1. The van der Waals surface area contributed by atoms with Gasteiger partial charge in [0.15, 0.2) is 0 Å². The van der Waals surface area contributed by atoms with Gasteiger partial charge in [0.1, 0.15) is 6.10 Å². The van der Waals surface area contributed by atoms with E-state index < -0.39 is 5.97 Å². The third-order valence-corrected chi connectivity index (χ3v) is 3.74. The van der Waals surface area contributed by atoms with Crippen LogP contribution in [0.2, 0.25) is 0 Å². The van der Waals surface area contributed by atoms with Crippen molar-refractivity contribution in [2.24, 2.45) is 11.8 Å². The van der Waals surface area contributed by atoms with E-state index in [1.165, 1.54) is 0 Å². The summed E-state index contributed by atoms with van der Waals surface area (Å²) in [6, 6.07) is 0. The SMILES string of the molecule is C[C@@H]1CN(C(=O)C2CCCO2)CC[C@@H]1C(=O)O. The van der Waals surface area contributed by atoms with Crippen LogP contribution < -0.4 is 0 Å². The average Bonchev–Trinajstić information content (AvgIpc) is 2.80. The van der Waals surface area contributed by atoms with E-state index in [9.17, 15) is 9.59 Å². The Morgan fingerprint density at radius 3 is 2.65 bits per heavy atom. The summed E-state index contributed by atoms with van der Waals surface area (Å²) in [4.78, 5) is 24.8. The highest BCUT2D eigenvalue weighted by Crippen LogP contribution is 2.25. The van der Waals surface area contributed by atoms with Crippen LogP contribution in [0.15, 0.2) is 0 Å². The van der Waals surface area contributed by atoms with Crippen molar-refractivity contribution < 1.29 is 19.4 Å². The number of carbonyl (C=O) groups excluding carboxylic acids is 1. The first-order valence-electron chi connectivity index (χ1n) is 6.23. The summed E-state index contributed by atoms with van der Waals surface area (Å²) < 4.78 is 5.37. The number of carbonyl (C=O) groups is 2. The van der Waals surface area contributed by atoms with Crippen molar-refractivity contribution in [3.05, 3.63) is 0 Å². The second kappa shape index (κ2) is 5.04. The normalized spacial score (nSPS) is 33.7. The molecule has 1 N–H and O–H groups in total. The Balaban J connectivity index is 1.92. The van der Waals surface area contributed by atoms with Crippen LogP contribution in [0, 0.1) is 11.8 Å². The number of nitrogens with zero attached hydrogens (tertiary/aromatic N) is 1. The molecule has 5 heteroatoms. The van der Waals surface area contributed by atoms with Crippen molar-refractivity contribution in [1.82, 2.24) is 4.90 Å². The fraction of sp³-hybridized carbons (Fsp3) is 0.833. The Morgan fingerprint density at radius 2 is 2.12 bits per heavy atom. The number of hydrogen-bond donors (Lipinski definition) is 1. The number of likely N-dealkylation sites (tertiary alicyclic amines) is 1. The van der Waals surface area contributed by atoms with Crippen molar-refractivity contribution in [3.63, 3.8) is 0 Å². The lowest BCUT2D eigenvalue weighted by molar-refractivity contribution is -0.151. The van der Waals surface area contributed by atoms with E-state index in [1.54, 1.807) is 4.90 Å². The van der Waals surface area contributed by atoms with Gasteiger partial charge in [-0.3, -0.25) is 9.59 Å². The number of rotatable bonds is 2. The fourth-order valence-corrected chi connectivity index (χ4v) is 2.69. The molecule has 0 spiro atoms. The van der Waals surface area contributed by atoms with Crippen molar-refractivity contribution in [1.29, 1.82) is 0 Å². The van der Waals surface area contributed by atoms with Gasteiger partial charge in [-0.05, 0) is 25.2 Å². The van der Waals surface area contributed by atoms with Gasteiger partial charge in [0.2, 0.25) is 0 Å². The van der Waals surface area contributed by atoms with Crippen LogP contribution in [0.1, 0.15) is 26.2 Å². The zero-order valence-corrected chi connectivity index (χ0v) is 10.1. The minimum atomic E-state index is -0.748. The summed E-state index contributed by atoms with van der Waals surface area (Å²) in [5.74, 6) is -1.00. The van der Waals surface area contributed by atoms with Gasteiger partial charge in [-0.1, -0.05) is 6.92 Å². The van der Waals surface area contributed by atoms with Crippen LogP contribution in [-0.4, -0.2) is 47.7 Å². The highest BCUT2D eigenvalue weighted by Gasteiger charge is 2.36. The summed E-state index contributed by atoms with van der Waals surface area (Å²) in [5, 5.41) is 9.02. The van der Waals surface area contributed by atoms with E-state index in [-0.39, 0.29) is 23.8 Å². The second-order valence-electron chi connectivity index (χ2n) is 5.00. The molecular weight excluding hydrogens is 222 g/mol. The number of hydrogen-bond acceptors (Lipinski definition) is 3. The van der Waals surface area contributed by atoms with Gasteiger partial charge >= 0.3 is 5.97 Å². The van der Waals surface area contributed by atoms with Crippen molar-refractivity contribution in [2.75, 3.05) is 19.7 Å². The predicted octanol–water partition coefficient (Wildman–Crippen LogP) is 0.735. The molecule has 0 aliphatic carbocycles. The van der Waals surface area contributed by atoms with E-state index in [1.807, 2.05) is 6.92 Å². The highest BCUT2D eigenvalue weighted by atomic mass is 16.5. The molecule has 17 heavy (non-hydrogen) atoms. The lowest BCUT2D eigenvalue weighted by atomic mass is 9.87. The summed E-state index contributed by atoms with van der Waals surface area (Å²) in [7, 11) is 0. The molecule has 0 bridgehead atoms. The summed E-state index contributed by atoms with van der Waals surface area (Å²) in [6.45, 7) is 3.64. The Hall–Kier alpha value is -1.10. The lowest BCUT2D eigenvalue weighted by Crippen LogP contribution is -2.48. The maximum absolute atomic E-state index is 12.1. The van der Waals surface area contributed by atoms with Crippen LogP contribution in [-0.2, 0) is 14.3 Å². The van der Waals surface area contributed by atoms with Crippen LogP contribution >= 0.6 is 0 Å². The standard InChI is InChI=1S/C12H19NO4/c1-8-7-13(5-4-9(8)12(15)16)11(14)10-3-2-6-17-10/h8-10H,2-7H2,1H3,(H,15,16)/t8-,9+,10?/m1/s1. The molecule has 2 aliphatic rings. The van der Waals surface area contributed by atoms with Crippen molar-refractivity contribution in [3.8, 4) is 0 Å². The largest absolute Gasteiger partial charge is 0.481 e. The molecule has 2 fully saturated rings. The molecule has 2 heterocycles. The fourth-order valence-electron chi connectivity index (χ4n) is 2.69. The molecule has 5 nitrogen and oxygen atoms in total. The monoisotopic (exact) mass is 241 g/mol. The quantitative estimate of drug-likeness (QED) is 0.774. The van der Waals surface area contributed by atoms with Gasteiger partial charge in [-0.2, -0.15) is 0 Å². The zero-order chi connectivity index (χ0) is 12.4. The number of carboxylic acid groups (broad SMARTS) is 1. The first kappa shape index (κ1) is 12.4. The molecule has 3 atom stereocenters. The molecule has 0 aromatic heterocycles. The average molecular weight is 241 g/mol. The predicted molar refractivity (Wildman–Crippen MR) is 60.5 cm³/mol. The van der Waals surface area contributed by atoms with Crippen molar-refractivity contribution >= 4 is 11.9 Å². The van der Waals surface area contributed by atoms with E-state index in [2.05, 4.69) is 0 Å². The first-order valence-corrected chi connectivity index (χ1v) is 6.23. The third-order valence-electron chi connectivity index (χ3n) is 3.74. The molecule has 1 amide bonds. The van der Waals surface area contributed by atoms with E-state index in [4.69, 9.17) is 9.84 Å². The van der Waals surface area contributed by atoms with E-state index in [0.717, 1.165) is 12.8 Å². The molecule has 2 saturated heterocycles. The third kappa shape index (κ3) is 2.60. The molecule has 0 saturated carbocycles. The van der Waals surface area contributed by atoms with Gasteiger partial charge in [-0.15, -0.1) is 0 Å². The number of amides is 1. The second-order valence-corrected chi connectivity index (χ2v) is 5.00. The van der Waals surface area contributed by atoms with E-state index >= 15 is 0 Å². The first-order chi connectivity index (χ1) is 8.09. The summed E-state index contributed by atoms with van der Waals surface area (Å²) in [6.07, 6.45) is 2.00. The summed E-state index contributed by atoms with van der Waals surface area (Å²) in [5.41, 5.74) is 0. The van der Waals surface area contributed by atoms with Crippen molar-refractivity contribution in [2.45, 2.75) is 32.3 Å². The zero-order valence-electron chi connectivity index (χ0n) is 10.1. The minimum Gasteiger partial charge on any atom is -0.481 e. The van der Waals surface area contributed by atoms with Gasteiger partial charge in [0.25, 0.3) is 5.91 Å². The molecule has 2 aliphatic heterocycles. The molecule has 2 rings (SSSR count). The van der Waals surface area contributed by atoms with Crippen LogP contribution in [0.25, 0.3) is 0 Å². The highest BCUT2D eigenvalue weighted by molar-refractivity contribution is 5.81. The Bertz CT molecular complexity index is 312. The minimum absolute atomic E-state index is 0.0200. The molecule has 0 radical (unpaired) electrons. The van der Waals surface area contributed by atoms with Gasteiger partial charge < -0.3 is 14.7 Å². The lowest BCUT2D eigenvalue weighted by Gasteiger charge is -2.36. The van der Waals surface area contributed by atoms with Gasteiger partial charge in [-0.25, -0.2) is 0 Å². The number of carboxylic acids is 1. The number of piperidine rings is 1. The molecule has 96 valence electrons. The van der Waals surface area contributed by atoms with Gasteiger partial charge in [0.05, 0.1) is 5.92 Å². The smallest absolute Gasteiger partial charge is 0.306 e. The Kier molecular flexibility index (Phi) is 3.66. The maximum atomic E-state index is 12.1. The topological polar surface area (TPSA) is 66.8 Å². The summed E-state index contributed by atoms with van der Waals surface area (Å²) >= 11 is 0. The van der Waals surface area contributed by atoms with Gasteiger partial charge in [0, 0.05) is 19.7 Å².